The van der Waals surface area contributed by atoms with E-state index in [0.29, 0.717) is 0 Å². The Hall–Kier alpha value is -1.00. The molecule has 0 N–H and O–H groups in total. The van der Waals surface area contributed by atoms with Crippen molar-refractivity contribution < 1.29 is 70.8 Å². The molecule has 1 aromatic rings. The van der Waals surface area contributed by atoms with E-state index >= 15 is 0 Å². The van der Waals surface area contributed by atoms with E-state index in [2.05, 4.69) is 18.1 Å². The maximum atomic E-state index is 12.8. The van der Waals surface area contributed by atoms with Crippen molar-refractivity contribution >= 4 is 18.1 Å². The molecule has 0 atom stereocenters. The van der Waals surface area contributed by atoms with E-state index in [9.17, 15) is 52.7 Å². The number of alkyl halides is 12. The molecule has 0 unspecified atom stereocenters. The molecular weight excluding hydrogens is 523 g/mol. The summed E-state index contributed by atoms with van der Waals surface area (Å²) in [5.41, 5.74) is 0. The van der Waals surface area contributed by atoms with Gasteiger partial charge in [0.15, 0.2) is 0 Å². The second-order valence-corrected chi connectivity index (χ2v) is 11.2. The number of benzene rings is 1. The van der Waals surface area contributed by atoms with Gasteiger partial charge in [0.1, 0.15) is 0 Å². The van der Waals surface area contributed by atoms with Gasteiger partial charge in [-0.1, -0.05) is 0 Å². The van der Waals surface area contributed by atoms with E-state index in [0.717, 1.165) is 24.3 Å². The third kappa shape index (κ3) is 11.2. The van der Waals surface area contributed by atoms with Gasteiger partial charge >= 0.3 is 175 Å². The van der Waals surface area contributed by atoms with Gasteiger partial charge in [-0.25, -0.2) is 0 Å². The molecule has 0 aliphatic rings. The fourth-order valence-corrected chi connectivity index (χ4v) is 7.07. The molecule has 0 aliphatic heterocycles. The van der Waals surface area contributed by atoms with Gasteiger partial charge in [-0.05, 0) is 0 Å². The Morgan fingerprint density at radius 2 is 0.812 bits per heavy atom. The molecule has 0 spiro atoms. The van der Waals surface area contributed by atoms with Gasteiger partial charge in [-0.2, -0.15) is 0 Å². The van der Waals surface area contributed by atoms with E-state index in [1.54, 1.807) is 0 Å². The summed E-state index contributed by atoms with van der Waals surface area (Å²) in [6, 6.07) is 5.44. The Morgan fingerprint density at radius 3 is 1.06 bits per heavy atom. The van der Waals surface area contributed by atoms with Crippen molar-refractivity contribution in [2.24, 2.45) is 0 Å². The molecule has 0 fully saturated rings. The number of hydrogen-bond acceptors (Lipinski definition) is 5. The monoisotopic (exact) mass is 536 g/mol. The third-order valence-corrected chi connectivity index (χ3v) is 8.53. The predicted molar refractivity (Wildman–Crippen MR) is 87.2 cm³/mol. The van der Waals surface area contributed by atoms with Crippen LogP contribution in [0, 0.1) is 0 Å². The van der Waals surface area contributed by atoms with Crippen LogP contribution in [0.25, 0.3) is 0 Å². The second kappa shape index (κ2) is 10.1. The molecule has 1 aromatic carbocycles. The fourth-order valence-electron chi connectivity index (χ4n) is 1.70. The molecular formula is C14H13F12O4PS. The SMILES string of the molecule is FC(F)(F)COP(OCC(F)(F)F)(OCC(F)(F)F)(OCC(F)(F)F)Sc1ccccc1. The van der Waals surface area contributed by atoms with Gasteiger partial charge in [0.25, 0.3) is 0 Å². The fraction of sp³-hybridized carbons (Fsp3) is 0.571. The zero-order chi connectivity index (χ0) is 24.9. The molecule has 188 valence electrons. The Morgan fingerprint density at radius 1 is 0.531 bits per heavy atom. The Labute approximate surface area is 176 Å². The number of halogens is 12. The van der Waals surface area contributed by atoms with Gasteiger partial charge in [0.2, 0.25) is 0 Å². The average molecular weight is 536 g/mol. The molecule has 0 heterocycles. The van der Waals surface area contributed by atoms with Crippen molar-refractivity contribution in [1.82, 2.24) is 0 Å². The molecule has 0 aliphatic carbocycles. The van der Waals surface area contributed by atoms with E-state index < -0.39 is 74.1 Å². The number of rotatable bonds is 10. The van der Waals surface area contributed by atoms with Crippen LogP contribution >= 0.6 is 18.1 Å². The zero-order valence-electron chi connectivity index (χ0n) is 15.2. The maximum absolute atomic E-state index is 12.8. The van der Waals surface area contributed by atoms with Crippen molar-refractivity contribution in [3.8, 4) is 0 Å². The first-order chi connectivity index (χ1) is 14.2. The molecule has 0 saturated carbocycles. The standard InChI is InChI=1S/C14H13F12O4PS/c15-11(16,17)6-27-31(28-7-12(18,19)20,29-8-13(21,22)23,30-9-14(24,25)26)32-10-4-2-1-3-5-10/h1-5H,6-9H2. The van der Waals surface area contributed by atoms with Crippen LogP contribution in [0.4, 0.5) is 52.7 Å². The minimum absolute atomic E-state index is 0.459. The second-order valence-electron chi connectivity index (χ2n) is 5.70. The number of hydrogen-bond donors (Lipinski definition) is 0. The summed E-state index contributed by atoms with van der Waals surface area (Å²) in [6.45, 7) is -17.6. The van der Waals surface area contributed by atoms with Crippen molar-refractivity contribution in [2.45, 2.75) is 29.6 Å². The van der Waals surface area contributed by atoms with Crippen molar-refractivity contribution in [3.05, 3.63) is 30.3 Å². The minimum atomic E-state index is -7.00. The average Bonchev–Trinajstić information content (AvgIpc) is 2.61. The van der Waals surface area contributed by atoms with Crippen molar-refractivity contribution in [2.75, 3.05) is 26.4 Å². The summed E-state index contributed by atoms with van der Waals surface area (Å²) in [6.07, 6.45) is -21.7. The normalized spacial score (nSPS) is 15.4. The van der Waals surface area contributed by atoms with Crippen LogP contribution in [0.5, 0.6) is 0 Å². The molecule has 0 saturated heterocycles. The molecule has 32 heavy (non-hydrogen) atoms. The molecule has 0 radical (unpaired) electrons. The van der Waals surface area contributed by atoms with Crippen LogP contribution in [-0.2, 0) is 18.1 Å². The first-order valence-corrected chi connectivity index (χ1v) is 11.2. The van der Waals surface area contributed by atoms with Gasteiger partial charge < -0.3 is 0 Å². The summed E-state index contributed by atoms with van der Waals surface area (Å²) >= 11 is -0.512. The van der Waals surface area contributed by atoms with E-state index in [1.807, 2.05) is 0 Å². The van der Waals surface area contributed by atoms with Crippen LogP contribution in [0.3, 0.4) is 0 Å². The summed E-state index contributed by atoms with van der Waals surface area (Å²) < 4.78 is 170. The summed E-state index contributed by atoms with van der Waals surface area (Å²) in [4.78, 5) is -0.459. The first-order valence-electron chi connectivity index (χ1n) is 7.86. The van der Waals surface area contributed by atoms with Crippen LogP contribution in [0.15, 0.2) is 35.2 Å². The Kier molecular flexibility index (Phi) is 9.16. The van der Waals surface area contributed by atoms with Gasteiger partial charge in [0, 0.05) is 0 Å². The first kappa shape index (κ1) is 29.0. The van der Waals surface area contributed by atoms with Crippen LogP contribution < -0.4 is 0 Å². The van der Waals surface area contributed by atoms with Crippen LogP contribution in [-0.4, -0.2) is 51.1 Å². The van der Waals surface area contributed by atoms with Crippen LogP contribution in [0.2, 0.25) is 0 Å². The van der Waals surface area contributed by atoms with E-state index in [1.165, 1.54) is 6.07 Å². The van der Waals surface area contributed by atoms with Crippen molar-refractivity contribution in [1.29, 1.82) is 0 Å². The van der Waals surface area contributed by atoms with Crippen LogP contribution in [0.1, 0.15) is 0 Å². The van der Waals surface area contributed by atoms with Gasteiger partial charge in [0.05, 0.1) is 0 Å². The molecule has 18 heteroatoms. The molecule has 1 rings (SSSR count). The van der Waals surface area contributed by atoms with E-state index in [-0.39, 0.29) is 0 Å². The summed E-state index contributed by atoms with van der Waals surface area (Å²) in [5.74, 6) is 0. The topological polar surface area (TPSA) is 36.9 Å². The van der Waals surface area contributed by atoms with Gasteiger partial charge in [-0.3, -0.25) is 0 Å². The predicted octanol–water partition coefficient (Wildman–Crippen LogP) is 7.22. The molecule has 4 nitrogen and oxygen atoms in total. The molecule has 0 amide bonds. The Bertz CT molecular complexity index is 636. The molecule has 0 aromatic heterocycles. The van der Waals surface area contributed by atoms with Gasteiger partial charge in [-0.15, -0.1) is 0 Å². The van der Waals surface area contributed by atoms with E-state index in [4.69, 9.17) is 0 Å². The summed E-state index contributed by atoms with van der Waals surface area (Å²) in [7, 11) is 0. The quantitative estimate of drug-likeness (QED) is 0.233. The zero-order valence-corrected chi connectivity index (χ0v) is 17.0. The summed E-state index contributed by atoms with van der Waals surface area (Å²) in [5, 5.41) is 0. The third-order valence-electron chi connectivity index (χ3n) is 2.75. The molecule has 0 bridgehead atoms. The Balaban J connectivity index is 3.65. The van der Waals surface area contributed by atoms with Crippen molar-refractivity contribution in [3.63, 3.8) is 0 Å².